The van der Waals surface area contributed by atoms with Gasteiger partial charge in [0.2, 0.25) is 10.0 Å². The van der Waals surface area contributed by atoms with Crippen molar-refractivity contribution in [3.05, 3.63) is 53.3 Å². The molecule has 1 N–H and O–H groups in total. The molecule has 0 saturated heterocycles. The van der Waals surface area contributed by atoms with E-state index in [1.54, 1.807) is 25.3 Å². The minimum Gasteiger partial charge on any atom is -0.456 e. The molecule has 1 aromatic heterocycles. The minimum absolute atomic E-state index is 0.280. The SMILES string of the molecule is CCc1ccc(Oc2ccc(C(=O)NS(C)(=O)=O)c(C)c2)cn1. The maximum atomic E-state index is 11.9. The first kappa shape index (κ1) is 17.0. The summed E-state index contributed by atoms with van der Waals surface area (Å²) in [4.78, 5) is 16.1. The van der Waals surface area contributed by atoms with Crippen molar-refractivity contribution in [1.29, 1.82) is 0 Å². The highest BCUT2D eigenvalue weighted by molar-refractivity contribution is 7.89. The number of amides is 1. The summed E-state index contributed by atoms with van der Waals surface area (Å²) < 4.78 is 29.9. The lowest BCUT2D eigenvalue weighted by molar-refractivity contribution is 0.0981. The van der Waals surface area contributed by atoms with E-state index in [-0.39, 0.29) is 5.56 Å². The maximum absolute atomic E-state index is 11.9. The number of benzene rings is 1. The van der Waals surface area contributed by atoms with Crippen molar-refractivity contribution >= 4 is 15.9 Å². The van der Waals surface area contributed by atoms with Crippen molar-refractivity contribution in [3.8, 4) is 11.5 Å². The number of ether oxygens (including phenoxy) is 1. The topological polar surface area (TPSA) is 85.4 Å². The molecule has 0 radical (unpaired) electrons. The van der Waals surface area contributed by atoms with Gasteiger partial charge in [-0.25, -0.2) is 13.1 Å². The van der Waals surface area contributed by atoms with E-state index in [4.69, 9.17) is 4.74 Å². The first-order chi connectivity index (χ1) is 10.8. The van der Waals surface area contributed by atoms with Crippen LogP contribution in [0.5, 0.6) is 11.5 Å². The molecule has 2 aromatic rings. The van der Waals surface area contributed by atoms with Crippen molar-refractivity contribution in [2.24, 2.45) is 0 Å². The average Bonchev–Trinajstić information content (AvgIpc) is 2.46. The summed E-state index contributed by atoms with van der Waals surface area (Å²) in [7, 11) is -3.59. The van der Waals surface area contributed by atoms with Crippen LogP contribution in [0.2, 0.25) is 0 Å². The summed E-state index contributed by atoms with van der Waals surface area (Å²) in [5.74, 6) is 0.477. The fraction of sp³-hybridized carbons (Fsp3) is 0.250. The molecule has 0 aliphatic carbocycles. The van der Waals surface area contributed by atoms with Crippen LogP contribution in [-0.4, -0.2) is 25.6 Å². The number of nitrogens with one attached hydrogen (secondary N) is 1. The normalized spacial score (nSPS) is 11.1. The van der Waals surface area contributed by atoms with Crippen LogP contribution >= 0.6 is 0 Å². The van der Waals surface area contributed by atoms with Gasteiger partial charge < -0.3 is 4.74 Å². The number of sulfonamides is 1. The molecule has 1 heterocycles. The fourth-order valence-electron chi connectivity index (χ4n) is 1.99. The molecule has 1 amide bonds. The summed E-state index contributed by atoms with van der Waals surface area (Å²) >= 11 is 0. The van der Waals surface area contributed by atoms with E-state index in [2.05, 4.69) is 4.98 Å². The van der Waals surface area contributed by atoms with Crippen LogP contribution in [-0.2, 0) is 16.4 Å². The molecule has 0 bridgehead atoms. The Morgan fingerprint density at radius 3 is 2.43 bits per heavy atom. The molecule has 0 saturated carbocycles. The van der Waals surface area contributed by atoms with Crippen molar-refractivity contribution < 1.29 is 17.9 Å². The third kappa shape index (κ3) is 4.79. The first-order valence-corrected chi connectivity index (χ1v) is 8.93. The van der Waals surface area contributed by atoms with E-state index >= 15 is 0 Å². The molecule has 0 aliphatic heterocycles. The lowest BCUT2D eigenvalue weighted by atomic mass is 10.1. The van der Waals surface area contributed by atoms with Crippen LogP contribution in [0.3, 0.4) is 0 Å². The molecule has 0 spiro atoms. The molecule has 6 nitrogen and oxygen atoms in total. The highest BCUT2D eigenvalue weighted by Crippen LogP contribution is 2.23. The second-order valence-electron chi connectivity index (χ2n) is 5.12. The Hall–Kier alpha value is -2.41. The number of hydrogen-bond acceptors (Lipinski definition) is 5. The van der Waals surface area contributed by atoms with Gasteiger partial charge in [-0.1, -0.05) is 6.92 Å². The van der Waals surface area contributed by atoms with E-state index < -0.39 is 15.9 Å². The van der Waals surface area contributed by atoms with Crippen LogP contribution in [0.25, 0.3) is 0 Å². The molecule has 2 rings (SSSR count). The Morgan fingerprint density at radius 1 is 1.22 bits per heavy atom. The van der Waals surface area contributed by atoms with Crippen LogP contribution in [0.15, 0.2) is 36.5 Å². The first-order valence-electron chi connectivity index (χ1n) is 7.04. The van der Waals surface area contributed by atoms with Crippen molar-refractivity contribution in [2.45, 2.75) is 20.3 Å². The number of aryl methyl sites for hydroxylation is 2. The molecule has 0 aliphatic rings. The predicted molar refractivity (Wildman–Crippen MR) is 87.2 cm³/mol. The third-order valence-corrected chi connectivity index (χ3v) is 3.67. The summed E-state index contributed by atoms with van der Waals surface area (Å²) in [6.07, 6.45) is 3.42. The van der Waals surface area contributed by atoms with E-state index in [0.717, 1.165) is 18.4 Å². The zero-order valence-electron chi connectivity index (χ0n) is 13.2. The van der Waals surface area contributed by atoms with Crippen LogP contribution < -0.4 is 9.46 Å². The Morgan fingerprint density at radius 2 is 1.91 bits per heavy atom. The van der Waals surface area contributed by atoms with Crippen molar-refractivity contribution in [2.75, 3.05) is 6.26 Å². The monoisotopic (exact) mass is 334 g/mol. The lowest BCUT2D eigenvalue weighted by Gasteiger charge is -2.10. The van der Waals surface area contributed by atoms with Crippen LogP contribution in [0, 0.1) is 6.92 Å². The van der Waals surface area contributed by atoms with Gasteiger partial charge in [0.15, 0.2) is 0 Å². The molecular formula is C16H18N2O4S. The average molecular weight is 334 g/mol. The highest BCUT2D eigenvalue weighted by Gasteiger charge is 2.14. The van der Waals surface area contributed by atoms with Gasteiger partial charge in [-0.05, 0) is 49.2 Å². The maximum Gasteiger partial charge on any atom is 0.264 e. The van der Waals surface area contributed by atoms with Gasteiger partial charge in [0, 0.05) is 11.3 Å². The van der Waals surface area contributed by atoms with E-state index in [1.165, 1.54) is 6.07 Å². The summed E-state index contributed by atoms with van der Waals surface area (Å²) in [5.41, 5.74) is 1.87. The third-order valence-electron chi connectivity index (χ3n) is 3.12. The lowest BCUT2D eigenvalue weighted by Crippen LogP contribution is -2.29. The van der Waals surface area contributed by atoms with Gasteiger partial charge in [-0.3, -0.25) is 9.78 Å². The molecule has 23 heavy (non-hydrogen) atoms. The van der Waals surface area contributed by atoms with Crippen LogP contribution in [0.1, 0.15) is 28.5 Å². The number of carbonyl (C=O) groups is 1. The molecule has 122 valence electrons. The zero-order valence-corrected chi connectivity index (χ0v) is 14.0. The number of pyridine rings is 1. The summed E-state index contributed by atoms with van der Waals surface area (Å²) in [6.45, 7) is 3.73. The number of carbonyl (C=O) groups excluding carboxylic acids is 1. The number of hydrogen-bond donors (Lipinski definition) is 1. The molecular weight excluding hydrogens is 316 g/mol. The van der Waals surface area contributed by atoms with Crippen LogP contribution in [0.4, 0.5) is 0 Å². The summed E-state index contributed by atoms with van der Waals surface area (Å²) in [5, 5.41) is 0. The molecule has 0 atom stereocenters. The number of rotatable bonds is 5. The Bertz CT molecular complexity index is 814. The van der Waals surface area contributed by atoms with Gasteiger partial charge in [-0.15, -0.1) is 0 Å². The van der Waals surface area contributed by atoms with Gasteiger partial charge >= 0.3 is 0 Å². The Labute approximate surface area is 135 Å². The molecule has 7 heteroatoms. The van der Waals surface area contributed by atoms with Crippen molar-refractivity contribution in [1.82, 2.24) is 9.71 Å². The van der Waals surface area contributed by atoms with Gasteiger partial charge in [0.25, 0.3) is 5.91 Å². The Kier molecular flexibility index (Phi) is 5.00. The summed E-state index contributed by atoms with van der Waals surface area (Å²) in [6, 6.07) is 8.52. The van der Waals surface area contributed by atoms with E-state index in [0.29, 0.717) is 17.1 Å². The van der Waals surface area contributed by atoms with E-state index in [1.807, 2.05) is 23.8 Å². The zero-order chi connectivity index (χ0) is 17.0. The largest absolute Gasteiger partial charge is 0.456 e. The quantitative estimate of drug-likeness (QED) is 0.907. The number of nitrogens with zero attached hydrogens (tertiary/aromatic N) is 1. The minimum atomic E-state index is -3.59. The molecule has 0 fully saturated rings. The second-order valence-corrected chi connectivity index (χ2v) is 6.87. The molecule has 1 aromatic carbocycles. The van der Waals surface area contributed by atoms with Gasteiger partial charge in [0.1, 0.15) is 11.5 Å². The number of aromatic nitrogens is 1. The van der Waals surface area contributed by atoms with Crippen molar-refractivity contribution in [3.63, 3.8) is 0 Å². The highest BCUT2D eigenvalue weighted by atomic mass is 32.2. The van der Waals surface area contributed by atoms with E-state index in [9.17, 15) is 13.2 Å². The fourth-order valence-corrected chi connectivity index (χ4v) is 2.44. The predicted octanol–water partition coefficient (Wildman–Crippen LogP) is 2.43. The Balaban J connectivity index is 2.16. The molecule has 0 unspecified atom stereocenters. The standard InChI is InChI=1S/C16H18N2O4S/c1-4-12-5-6-14(10-17-12)22-13-7-8-15(11(2)9-13)16(19)18-23(3,20)21/h5-10H,4H2,1-3H3,(H,18,19). The van der Waals surface area contributed by atoms with Gasteiger partial charge in [-0.2, -0.15) is 0 Å². The smallest absolute Gasteiger partial charge is 0.264 e. The second kappa shape index (κ2) is 6.78. The van der Waals surface area contributed by atoms with Gasteiger partial charge in [0.05, 0.1) is 12.5 Å².